The Labute approximate surface area is 242 Å². The van der Waals surface area contributed by atoms with Crippen molar-refractivity contribution in [3.05, 3.63) is 104 Å². The Morgan fingerprint density at radius 1 is 0.892 bits per heavy atom. The lowest BCUT2D eigenvalue weighted by atomic mass is 10.0. The highest BCUT2D eigenvalue weighted by atomic mass is 35.5. The van der Waals surface area contributed by atoms with E-state index in [-0.39, 0.29) is 30.2 Å². The molecule has 0 aromatic heterocycles. The van der Waals surface area contributed by atoms with E-state index < -0.39 is 6.04 Å². The van der Waals surface area contributed by atoms with Gasteiger partial charge in [0.15, 0.2) is 0 Å². The number of hydrogen-bond donors (Lipinski definition) is 1. The Bertz CT molecular complexity index is 1200. The third-order valence-electron chi connectivity index (χ3n) is 5.59. The zero-order valence-corrected chi connectivity index (χ0v) is 24.4. The summed E-state index contributed by atoms with van der Waals surface area (Å²) in [6, 6.07) is 19.3. The quantitative estimate of drug-likeness (QED) is 0.246. The van der Waals surface area contributed by atoms with Crippen molar-refractivity contribution >= 4 is 70.0 Å². The molecule has 0 saturated heterocycles. The summed E-state index contributed by atoms with van der Waals surface area (Å²) in [5.41, 5.74) is 2.42. The van der Waals surface area contributed by atoms with E-state index in [2.05, 4.69) is 5.32 Å². The topological polar surface area (TPSA) is 49.4 Å². The SMILES string of the molecule is CC(C)NC(=O)[C@H](Cc1ccccc1)N(Cc1c(Cl)cccc1Cl)C(=O)CSCc1ccc(Cl)cc1Cl. The molecular formula is C28H28Cl4N2O2S. The summed E-state index contributed by atoms with van der Waals surface area (Å²) >= 11 is 26.7. The van der Waals surface area contributed by atoms with Gasteiger partial charge in [0.1, 0.15) is 6.04 Å². The van der Waals surface area contributed by atoms with Crippen molar-refractivity contribution in [3.8, 4) is 0 Å². The smallest absolute Gasteiger partial charge is 0.243 e. The summed E-state index contributed by atoms with van der Waals surface area (Å²) < 4.78 is 0. The minimum Gasteiger partial charge on any atom is -0.352 e. The molecule has 9 heteroatoms. The second kappa shape index (κ2) is 14.3. The van der Waals surface area contributed by atoms with Crippen LogP contribution in [0.2, 0.25) is 20.1 Å². The normalized spacial score (nSPS) is 11.9. The molecule has 0 aliphatic rings. The number of thioether (sulfide) groups is 1. The van der Waals surface area contributed by atoms with E-state index >= 15 is 0 Å². The molecule has 0 aliphatic heterocycles. The molecule has 0 bridgehead atoms. The maximum Gasteiger partial charge on any atom is 0.243 e. The summed E-state index contributed by atoms with van der Waals surface area (Å²) in [4.78, 5) is 28.7. The van der Waals surface area contributed by atoms with E-state index in [4.69, 9.17) is 46.4 Å². The lowest BCUT2D eigenvalue weighted by Crippen LogP contribution is -2.52. The molecule has 0 fully saturated rings. The number of carbonyl (C=O) groups excluding carboxylic acids is 2. The molecule has 37 heavy (non-hydrogen) atoms. The zero-order chi connectivity index (χ0) is 26.9. The zero-order valence-electron chi connectivity index (χ0n) is 20.5. The number of benzene rings is 3. The van der Waals surface area contributed by atoms with Crippen molar-refractivity contribution < 1.29 is 9.59 Å². The molecule has 3 aromatic rings. The van der Waals surface area contributed by atoms with Crippen LogP contribution in [0.25, 0.3) is 0 Å². The summed E-state index contributed by atoms with van der Waals surface area (Å²) in [6.45, 7) is 3.88. The first-order valence-electron chi connectivity index (χ1n) is 11.7. The fourth-order valence-electron chi connectivity index (χ4n) is 3.76. The van der Waals surface area contributed by atoms with Crippen LogP contribution in [0.3, 0.4) is 0 Å². The molecule has 0 unspecified atom stereocenters. The molecule has 1 N–H and O–H groups in total. The Hall–Kier alpha value is -1.89. The lowest BCUT2D eigenvalue weighted by molar-refractivity contribution is -0.139. The van der Waals surface area contributed by atoms with Gasteiger partial charge in [-0.15, -0.1) is 11.8 Å². The van der Waals surface area contributed by atoms with Gasteiger partial charge in [-0.2, -0.15) is 0 Å². The van der Waals surface area contributed by atoms with E-state index in [9.17, 15) is 9.59 Å². The lowest BCUT2D eigenvalue weighted by Gasteiger charge is -2.32. The summed E-state index contributed by atoms with van der Waals surface area (Å²) in [7, 11) is 0. The number of hydrogen-bond acceptors (Lipinski definition) is 3. The van der Waals surface area contributed by atoms with Crippen LogP contribution >= 0.6 is 58.2 Å². The molecule has 0 saturated carbocycles. The van der Waals surface area contributed by atoms with Crippen molar-refractivity contribution in [2.45, 2.75) is 44.6 Å². The molecule has 0 aliphatic carbocycles. The van der Waals surface area contributed by atoms with Crippen molar-refractivity contribution in [2.24, 2.45) is 0 Å². The van der Waals surface area contributed by atoms with Gasteiger partial charge in [-0.1, -0.05) is 88.9 Å². The van der Waals surface area contributed by atoms with Gasteiger partial charge in [0, 0.05) is 50.4 Å². The average molecular weight is 598 g/mol. The molecule has 196 valence electrons. The summed E-state index contributed by atoms with van der Waals surface area (Å²) in [6.07, 6.45) is 0.348. The minimum atomic E-state index is -0.760. The van der Waals surface area contributed by atoms with Crippen molar-refractivity contribution in [1.29, 1.82) is 0 Å². The first-order valence-corrected chi connectivity index (χ1v) is 14.4. The maximum absolute atomic E-state index is 13.7. The van der Waals surface area contributed by atoms with Crippen LogP contribution in [-0.2, 0) is 28.3 Å². The summed E-state index contributed by atoms with van der Waals surface area (Å²) in [5.74, 6) is 0.220. The number of nitrogens with one attached hydrogen (secondary N) is 1. The van der Waals surface area contributed by atoms with Crippen molar-refractivity contribution in [3.63, 3.8) is 0 Å². The van der Waals surface area contributed by atoms with Gasteiger partial charge in [-0.25, -0.2) is 0 Å². The first-order chi connectivity index (χ1) is 17.7. The van der Waals surface area contributed by atoms with Crippen LogP contribution in [0.15, 0.2) is 66.7 Å². The Morgan fingerprint density at radius 2 is 1.57 bits per heavy atom. The van der Waals surface area contributed by atoms with Gasteiger partial charge in [0.2, 0.25) is 11.8 Å². The molecule has 0 radical (unpaired) electrons. The van der Waals surface area contributed by atoms with Gasteiger partial charge in [-0.05, 0) is 49.2 Å². The maximum atomic E-state index is 13.7. The number of nitrogens with zero attached hydrogens (tertiary/aromatic N) is 1. The van der Waals surface area contributed by atoms with Crippen LogP contribution < -0.4 is 5.32 Å². The molecule has 3 aromatic carbocycles. The van der Waals surface area contributed by atoms with Gasteiger partial charge < -0.3 is 10.2 Å². The van der Waals surface area contributed by atoms with Crippen LogP contribution in [0.1, 0.15) is 30.5 Å². The van der Waals surface area contributed by atoms with Crippen LogP contribution in [-0.4, -0.2) is 34.6 Å². The molecule has 3 rings (SSSR count). The predicted molar refractivity (Wildman–Crippen MR) is 157 cm³/mol. The fraction of sp³-hybridized carbons (Fsp3) is 0.286. The molecule has 2 amide bonds. The fourth-order valence-corrected chi connectivity index (χ4v) is 5.74. The first kappa shape index (κ1) is 29.7. The van der Waals surface area contributed by atoms with E-state index in [0.29, 0.717) is 37.8 Å². The third kappa shape index (κ3) is 8.83. The Kier molecular flexibility index (Phi) is 11.5. The van der Waals surface area contributed by atoms with Crippen LogP contribution in [0, 0.1) is 0 Å². The standard InChI is InChI=1S/C28H28Cl4N2O2S/c1-18(2)33-28(36)26(13-19-7-4-3-5-8-19)34(15-22-23(30)9-6-10-24(22)31)27(35)17-37-16-20-11-12-21(29)14-25(20)32/h3-12,14,18,26H,13,15-17H2,1-2H3,(H,33,36)/t26-/m0/s1. The van der Waals surface area contributed by atoms with E-state index in [1.165, 1.54) is 11.8 Å². The van der Waals surface area contributed by atoms with E-state index in [1.807, 2.05) is 50.2 Å². The van der Waals surface area contributed by atoms with E-state index in [0.717, 1.165) is 11.1 Å². The molecule has 4 nitrogen and oxygen atoms in total. The number of halogens is 4. The van der Waals surface area contributed by atoms with Gasteiger partial charge in [0.25, 0.3) is 0 Å². The number of carbonyl (C=O) groups is 2. The predicted octanol–water partition coefficient (Wildman–Crippen LogP) is 7.70. The van der Waals surface area contributed by atoms with Gasteiger partial charge in [0.05, 0.1) is 5.75 Å². The monoisotopic (exact) mass is 596 g/mol. The average Bonchev–Trinajstić information content (AvgIpc) is 2.84. The van der Waals surface area contributed by atoms with Crippen molar-refractivity contribution in [2.75, 3.05) is 5.75 Å². The highest BCUT2D eigenvalue weighted by molar-refractivity contribution is 7.99. The minimum absolute atomic E-state index is 0.0898. The molecule has 0 spiro atoms. The number of amides is 2. The van der Waals surface area contributed by atoms with Gasteiger partial charge in [-0.3, -0.25) is 9.59 Å². The molecule has 1 atom stereocenters. The molecule has 0 heterocycles. The second-order valence-electron chi connectivity index (χ2n) is 8.82. The Balaban J connectivity index is 1.90. The summed E-state index contributed by atoms with van der Waals surface area (Å²) in [5, 5.41) is 4.95. The van der Waals surface area contributed by atoms with Crippen LogP contribution in [0.4, 0.5) is 0 Å². The highest BCUT2D eigenvalue weighted by Crippen LogP contribution is 2.29. The highest BCUT2D eigenvalue weighted by Gasteiger charge is 2.31. The van der Waals surface area contributed by atoms with Gasteiger partial charge >= 0.3 is 0 Å². The number of rotatable bonds is 11. The third-order valence-corrected chi connectivity index (χ3v) is 7.85. The van der Waals surface area contributed by atoms with Crippen LogP contribution in [0.5, 0.6) is 0 Å². The molecular weight excluding hydrogens is 570 g/mol. The second-order valence-corrected chi connectivity index (χ2v) is 11.5. The van der Waals surface area contributed by atoms with Crippen molar-refractivity contribution in [1.82, 2.24) is 10.2 Å². The van der Waals surface area contributed by atoms with E-state index in [1.54, 1.807) is 35.2 Å². The largest absolute Gasteiger partial charge is 0.352 e. The Morgan fingerprint density at radius 3 is 2.19 bits per heavy atom.